The molecule has 0 bridgehead atoms. The molecule has 0 saturated carbocycles. The summed E-state index contributed by atoms with van der Waals surface area (Å²) in [5.74, 6) is 0.748. The first-order valence-electron chi connectivity index (χ1n) is 4.25. The molecule has 0 saturated heterocycles. The summed E-state index contributed by atoms with van der Waals surface area (Å²) in [5.41, 5.74) is 0. The molecule has 0 aromatic rings. The van der Waals surface area contributed by atoms with Crippen LogP contribution in [0.25, 0.3) is 0 Å². The van der Waals surface area contributed by atoms with Crippen molar-refractivity contribution in [3.05, 3.63) is 0 Å². The lowest BCUT2D eigenvalue weighted by atomic mass is 10.00. The van der Waals surface area contributed by atoms with Crippen LogP contribution in [0.1, 0.15) is 40.0 Å². The van der Waals surface area contributed by atoms with Crippen LogP contribution >= 0.6 is 0 Å². The highest BCUT2D eigenvalue weighted by molar-refractivity contribution is 5.98. The van der Waals surface area contributed by atoms with E-state index in [0.29, 0.717) is 6.10 Å². The van der Waals surface area contributed by atoms with Gasteiger partial charge in [0.2, 0.25) is 0 Å². The van der Waals surface area contributed by atoms with Gasteiger partial charge in [0.1, 0.15) is 10.5 Å². The van der Waals surface area contributed by atoms with Gasteiger partial charge in [-0.3, -0.25) is 0 Å². The molecule has 0 aromatic heterocycles. The smallest absolute Gasteiger partial charge is 0.146 e. The molecule has 0 amide bonds. The molecular weight excluding hydrogens is 140 g/mol. The lowest BCUT2D eigenvalue weighted by Gasteiger charge is -2.18. The summed E-state index contributed by atoms with van der Waals surface area (Å²) in [4.78, 5) is 0. The minimum Gasteiger partial charge on any atom is -0.425 e. The van der Waals surface area contributed by atoms with E-state index in [1.807, 2.05) is 0 Å². The molecule has 0 radical (unpaired) electrons. The van der Waals surface area contributed by atoms with Gasteiger partial charge in [-0.05, 0) is 19.3 Å². The summed E-state index contributed by atoms with van der Waals surface area (Å²) in [6, 6.07) is 0. The molecule has 0 aromatic carbocycles. The Hall–Kier alpha value is 0.177. The highest BCUT2D eigenvalue weighted by atomic mass is 28.2. The Kier molecular flexibility index (Phi) is 6.03. The van der Waals surface area contributed by atoms with Crippen LogP contribution in [0.5, 0.6) is 0 Å². The summed E-state index contributed by atoms with van der Waals surface area (Å²) in [6.45, 7) is 6.69. The Morgan fingerprint density at radius 3 is 2.40 bits per heavy atom. The second-order valence-corrected chi connectivity index (χ2v) is 3.53. The fourth-order valence-corrected chi connectivity index (χ4v) is 1.46. The topological polar surface area (TPSA) is 9.23 Å². The minimum atomic E-state index is 0.484. The van der Waals surface area contributed by atoms with Crippen molar-refractivity contribution in [2.75, 3.05) is 0 Å². The van der Waals surface area contributed by atoms with Crippen LogP contribution in [0.2, 0.25) is 0 Å². The zero-order valence-electron chi connectivity index (χ0n) is 7.68. The van der Waals surface area contributed by atoms with Crippen LogP contribution in [-0.4, -0.2) is 16.6 Å². The summed E-state index contributed by atoms with van der Waals surface area (Å²) in [7, 11) is 0.879. The van der Waals surface area contributed by atoms with Gasteiger partial charge in [-0.1, -0.05) is 26.7 Å². The fourth-order valence-electron chi connectivity index (χ4n) is 0.993. The molecule has 0 spiro atoms. The van der Waals surface area contributed by atoms with Crippen LogP contribution in [0.4, 0.5) is 0 Å². The largest absolute Gasteiger partial charge is 0.425 e. The average Bonchev–Trinajstić information content (AvgIpc) is 1.98. The predicted molar refractivity (Wildman–Crippen MR) is 49.2 cm³/mol. The van der Waals surface area contributed by atoms with E-state index < -0.39 is 0 Å². The van der Waals surface area contributed by atoms with E-state index in [-0.39, 0.29) is 0 Å². The zero-order valence-corrected chi connectivity index (χ0v) is 9.68. The molecule has 62 valence electrons. The van der Waals surface area contributed by atoms with Gasteiger partial charge in [-0.25, -0.2) is 0 Å². The minimum absolute atomic E-state index is 0.484. The van der Waals surface area contributed by atoms with E-state index in [2.05, 4.69) is 20.8 Å². The zero-order chi connectivity index (χ0) is 7.98. The molecular formula is C8H20OSi. The molecule has 0 rings (SSSR count). The van der Waals surface area contributed by atoms with E-state index in [0.717, 1.165) is 16.4 Å². The third-order valence-corrected chi connectivity index (χ3v) is 2.93. The SMILES string of the molecule is CCCCC(C)C(C)O[SiH3]. The number of unbranched alkanes of at least 4 members (excludes halogenated alkanes) is 1. The Labute approximate surface area is 67.7 Å². The van der Waals surface area contributed by atoms with Crippen molar-refractivity contribution in [2.45, 2.75) is 46.1 Å². The first-order chi connectivity index (χ1) is 4.72. The van der Waals surface area contributed by atoms with Crippen LogP contribution in [0.15, 0.2) is 0 Å². The third-order valence-electron chi connectivity index (χ3n) is 2.19. The first-order valence-corrected chi connectivity index (χ1v) is 5.06. The Morgan fingerprint density at radius 1 is 1.40 bits per heavy atom. The van der Waals surface area contributed by atoms with Gasteiger partial charge in [0.25, 0.3) is 0 Å². The Bertz CT molecular complexity index is 75.7. The van der Waals surface area contributed by atoms with Crippen molar-refractivity contribution in [3.8, 4) is 0 Å². The summed E-state index contributed by atoms with van der Waals surface area (Å²) in [6.07, 6.45) is 4.45. The lowest BCUT2D eigenvalue weighted by Crippen LogP contribution is -2.16. The molecule has 0 fully saturated rings. The molecule has 0 aliphatic carbocycles. The summed E-state index contributed by atoms with van der Waals surface area (Å²) >= 11 is 0. The summed E-state index contributed by atoms with van der Waals surface area (Å²) < 4.78 is 5.35. The van der Waals surface area contributed by atoms with Crippen molar-refractivity contribution in [2.24, 2.45) is 5.92 Å². The van der Waals surface area contributed by atoms with Crippen molar-refractivity contribution in [1.29, 1.82) is 0 Å². The van der Waals surface area contributed by atoms with E-state index in [4.69, 9.17) is 4.43 Å². The second kappa shape index (κ2) is 5.92. The van der Waals surface area contributed by atoms with Gasteiger partial charge in [0.15, 0.2) is 0 Å². The Balaban J connectivity index is 3.31. The van der Waals surface area contributed by atoms with E-state index in [1.165, 1.54) is 19.3 Å². The molecule has 2 unspecified atom stereocenters. The molecule has 0 aliphatic rings. The van der Waals surface area contributed by atoms with Crippen LogP contribution < -0.4 is 0 Å². The maximum absolute atomic E-state index is 5.35. The van der Waals surface area contributed by atoms with Gasteiger partial charge in [-0.2, -0.15) is 0 Å². The maximum atomic E-state index is 5.35. The van der Waals surface area contributed by atoms with Gasteiger partial charge in [0.05, 0.1) is 0 Å². The normalized spacial score (nSPS) is 17.1. The second-order valence-electron chi connectivity index (χ2n) is 3.06. The molecule has 0 N–H and O–H groups in total. The highest BCUT2D eigenvalue weighted by Crippen LogP contribution is 2.13. The van der Waals surface area contributed by atoms with Gasteiger partial charge in [-0.15, -0.1) is 0 Å². The first kappa shape index (κ1) is 10.2. The number of hydrogen-bond acceptors (Lipinski definition) is 1. The molecule has 2 heteroatoms. The van der Waals surface area contributed by atoms with E-state index >= 15 is 0 Å². The monoisotopic (exact) mass is 160 g/mol. The maximum Gasteiger partial charge on any atom is 0.146 e. The van der Waals surface area contributed by atoms with Crippen LogP contribution in [0, 0.1) is 5.92 Å². The number of rotatable bonds is 5. The lowest BCUT2D eigenvalue weighted by molar-refractivity contribution is 0.168. The standard InChI is InChI=1S/C8H20OSi/c1-4-5-6-7(2)8(3)9-10/h7-8H,4-6H2,1-3,10H3. The van der Waals surface area contributed by atoms with Crippen molar-refractivity contribution in [3.63, 3.8) is 0 Å². The number of hydrogen-bond donors (Lipinski definition) is 0. The van der Waals surface area contributed by atoms with Crippen LogP contribution in [0.3, 0.4) is 0 Å². The van der Waals surface area contributed by atoms with Gasteiger partial charge in [0, 0.05) is 6.10 Å². The van der Waals surface area contributed by atoms with E-state index in [1.54, 1.807) is 0 Å². The molecule has 0 heterocycles. The highest BCUT2D eigenvalue weighted by Gasteiger charge is 2.08. The van der Waals surface area contributed by atoms with E-state index in [9.17, 15) is 0 Å². The van der Waals surface area contributed by atoms with Gasteiger partial charge >= 0.3 is 0 Å². The average molecular weight is 160 g/mol. The molecule has 2 atom stereocenters. The predicted octanol–water partition coefficient (Wildman–Crippen LogP) is 1.50. The fraction of sp³-hybridized carbons (Fsp3) is 1.00. The molecule has 10 heavy (non-hydrogen) atoms. The van der Waals surface area contributed by atoms with Gasteiger partial charge < -0.3 is 4.43 Å². The third kappa shape index (κ3) is 4.07. The van der Waals surface area contributed by atoms with Crippen LogP contribution in [-0.2, 0) is 4.43 Å². The molecule has 1 nitrogen and oxygen atoms in total. The van der Waals surface area contributed by atoms with Crippen molar-refractivity contribution in [1.82, 2.24) is 0 Å². The van der Waals surface area contributed by atoms with Crippen molar-refractivity contribution >= 4 is 10.5 Å². The summed E-state index contributed by atoms with van der Waals surface area (Å²) in [5, 5.41) is 0. The Morgan fingerprint density at radius 2 is 2.00 bits per heavy atom. The molecule has 0 aliphatic heterocycles. The van der Waals surface area contributed by atoms with Crippen molar-refractivity contribution < 1.29 is 4.43 Å². The quantitative estimate of drug-likeness (QED) is 0.554.